The Kier molecular flexibility index (Phi) is 3.65. The SMILES string of the molecule is O=C([O-])[C@]1(c2ccccc2)CC[C@@H](Nc2ccccc2)C1. The zero-order chi connectivity index (χ0) is 14.7. The number of carbonyl (C=O) groups is 1. The van der Waals surface area contributed by atoms with E-state index in [1.54, 1.807) is 0 Å². The van der Waals surface area contributed by atoms with Crippen molar-refractivity contribution in [2.24, 2.45) is 0 Å². The van der Waals surface area contributed by atoms with E-state index in [2.05, 4.69) is 5.32 Å². The van der Waals surface area contributed by atoms with Gasteiger partial charge in [0.15, 0.2) is 0 Å². The predicted molar refractivity (Wildman–Crippen MR) is 80.8 cm³/mol. The van der Waals surface area contributed by atoms with E-state index in [1.807, 2.05) is 60.7 Å². The highest BCUT2D eigenvalue weighted by molar-refractivity contribution is 5.80. The first-order valence-corrected chi connectivity index (χ1v) is 7.29. The summed E-state index contributed by atoms with van der Waals surface area (Å²) in [6.45, 7) is 0. The molecule has 1 N–H and O–H groups in total. The summed E-state index contributed by atoms with van der Waals surface area (Å²) >= 11 is 0. The molecule has 0 unspecified atom stereocenters. The lowest BCUT2D eigenvalue weighted by Gasteiger charge is -2.31. The van der Waals surface area contributed by atoms with E-state index >= 15 is 0 Å². The van der Waals surface area contributed by atoms with Crippen LogP contribution in [0.1, 0.15) is 24.8 Å². The minimum absolute atomic E-state index is 0.158. The monoisotopic (exact) mass is 280 g/mol. The van der Waals surface area contributed by atoms with Crippen molar-refractivity contribution >= 4 is 11.7 Å². The van der Waals surface area contributed by atoms with Gasteiger partial charge in [0.05, 0.1) is 5.97 Å². The van der Waals surface area contributed by atoms with Gasteiger partial charge in [-0.2, -0.15) is 0 Å². The summed E-state index contributed by atoms with van der Waals surface area (Å²) in [6, 6.07) is 19.5. The normalized spacial score (nSPS) is 24.7. The number of para-hydroxylation sites is 1. The Hall–Kier alpha value is -2.29. The molecule has 1 saturated carbocycles. The lowest BCUT2D eigenvalue weighted by Crippen LogP contribution is -2.44. The van der Waals surface area contributed by atoms with E-state index in [9.17, 15) is 9.90 Å². The second-order valence-corrected chi connectivity index (χ2v) is 5.69. The van der Waals surface area contributed by atoms with Crippen LogP contribution in [0.2, 0.25) is 0 Å². The highest BCUT2D eigenvalue weighted by atomic mass is 16.4. The van der Waals surface area contributed by atoms with Crippen molar-refractivity contribution in [2.75, 3.05) is 5.32 Å². The molecule has 0 aromatic heterocycles. The van der Waals surface area contributed by atoms with E-state index < -0.39 is 11.4 Å². The van der Waals surface area contributed by atoms with Crippen LogP contribution >= 0.6 is 0 Å². The van der Waals surface area contributed by atoms with Crippen LogP contribution in [0, 0.1) is 0 Å². The van der Waals surface area contributed by atoms with Crippen molar-refractivity contribution in [3.63, 3.8) is 0 Å². The summed E-state index contributed by atoms with van der Waals surface area (Å²) in [5.74, 6) is -0.967. The molecule has 2 aromatic carbocycles. The Labute approximate surface area is 124 Å². The van der Waals surface area contributed by atoms with Crippen LogP contribution in [0.5, 0.6) is 0 Å². The Morgan fingerprint density at radius 3 is 2.29 bits per heavy atom. The predicted octanol–water partition coefficient (Wildman–Crippen LogP) is 2.34. The Bertz CT molecular complexity index is 612. The molecule has 108 valence electrons. The largest absolute Gasteiger partial charge is 0.549 e. The summed E-state index contributed by atoms with van der Waals surface area (Å²) in [4.78, 5) is 11.8. The molecule has 2 aromatic rings. The Balaban J connectivity index is 1.81. The number of carboxylic acids is 1. The van der Waals surface area contributed by atoms with Crippen LogP contribution < -0.4 is 10.4 Å². The number of rotatable bonds is 4. The van der Waals surface area contributed by atoms with E-state index in [1.165, 1.54) is 0 Å². The molecule has 3 nitrogen and oxygen atoms in total. The summed E-state index contributed by atoms with van der Waals surface area (Å²) in [6.07, 6.45) is 2.01. The molecule has 0 bridgehead atoms. The van der Waals surface area contributed by atoms with Gasteiger partial charge in [0.1, 0.15) is 0 Å². The Morgan fingerprint density at radius 1 is 1.05 bits per heavy atom. The molecule has 0 heterocycles. The third kappa shape index (κ3) is 2.64. The first kappa shape index (κ1) is 13.7. The zero-order valence-corrected chi connectivity index (χ0v) is 11.8. The number of hydrogen-bond acceptors (Lipinski definition) is 3. The lowest BCUT2D eigenvalue weighted by atomic mass is 9.79. The van der Waals surface area contributed by atoms with Crippen LogP contribution in [0.4, 0.5) is 5.69 Å². The quantitative estimate of drug-likeness (QED) is 0.935. The number of anilines is 1. The van der Waals surface area contributed by atoms with Crippen molar-refractivity contribution in [3.05, 3.63) is 66.2 Å². The van der Waals surface area contributed by atoms with Crippen molar-refractivity contribution in [3.8, 4) is 0 Å². The van der Waals surface area contributed by atoms with Crippen molar-refractivity contribution in [1.82, 2.24) is 0 Å². The highest BCUT2D eigenvalue weighted by Crippen LogP contribution is 2.41. The van der Waals surface area contributed by atoms with E-state index in [-0.39, 0.29) is 6.04 Å². The molecule has 2 atom stereocenters. The van der Waals surface area contributed by atoms with E-state index in [4.69, 9.17) is 0 Å². The van der Waals surface area contributed by atoms with Gasteiger partial charge in [0, 0.05) is 17.1 Å². The Morgan fingerprint density at radius 2 is 1.67 bits per heavy atom. The number of hydrogen-bond donors (Lipinski definition) is 1. The number of carboxylic acid groups (broad SMARTS) is 1. The van der Waals surface area contributed by atoms with E-state index in [0.717, 1.165) is 17.7 Å². The maximum atomic E-state index is 11.8. The minimum atomic E-state index is -0.967. The second kappa shape index (κ2) is 5.60. The maximum Gasteiger partial charge on any atom is 0.0521 e. The fourth-order valence-corrected chi connectivity index (χ4v) is 3.26. The van der Waals surface area contributed by atoms with Gasteiger partial charge in [-0.25, -0.2) is 0 Å². The fraction of sp³-hybridized carbons (Fsp3) is 0.278. The number of benzene rings is 2. The average Bonchev–Trinajstić information content (AvgIpc) is 2.94. The van der Waals surface area contributed by atoms with Crippen LogP contribution in [0.25, 0.3) is 0 Å². The number of carbonyl (C=O) groups excluding carboxylic acids is 1. The topological polar surface area (TPSA) is 52.2 Å². The fourth-order valence-electron chi connectivity index (χ4n) is 3.26. The van der Waals surface area contributed by atoms with Gasteiger partial charge < -0.3 is 15.2 Å². The van der Waals surface area contributed by atoms with Gasteiger partial charge in [-0.05, 0) is 37.0 Å². The number of nitrogens with one attached hydrogen (secondary N) is 1. The molecular formula is C18H18NO2-. The molecule has 0 radical (unpaired) electrons. The molecule has 3 heteroatoms. The first-order chi connectivity index (χ1) is 10.2. The average molecular weight is 280 g/mol. The third-order valence-electron chi connectivity index (χ3n) is 4.38. The molecule has 0 saturated heterocycles. The maximum absolute atomic E-state index is 11.8. The van der Waals surface area contributed by atoms with Gasteiger partial charge >= 0.3 is 0 Å². The zero-order valence-electron chi connectivity index (χ0n) is 11.8. The smallest absolute Gasteiger partial charge is 0.0521 e. The van der Waals surface area contributed by atoms with Gasteiger partial charge in [0.2, 0.25) is 0 Å². The first-order valence-electron chi connectivity index (χ1n) is 7.29. The third-order valence-corrected chi connectivity index (χ3v) is 4.38. The van der Waals surface area contributed by atoms with Crippen molar-refractivity contribution < 1.29 is 9.90 Å². The molecular weight excluding hydrogens is 262 g/mol. The summed E-state index contributed by atoms with van der Waals surface area (Å²) < 4.78 is 0. The van der Waals surface area contributed by atoms with Crippen molar-refractivity contribution in [2.45, 2.75) is 30.7 Å². The molecule has 1 fully saturated rings. The standard InChI is InChI=1S/C18H19NO2/c20-17(21)18(14-7-3-1-4-8-14)12-11-16(13-18)19-15-9-5-2-6-10-15/h1-10,16,19H,11-13H2,(H,20,21)/p-1/t16-,18-/m1/s1. The van der Waals surface area contributed by atoms with Crippen molar-refractivity contribution in [1.29, 1.82) is 0 Å². The van der Waals surface area contributed by atoms with Crippen LogP contribution in [-0.2, 0) is 10.2 Å². The summed E-state index contributed by atoms with van der Waals surface area (Å²) in [7, 11) is 0. The highest BCUT2D eigenvalue weighted by Gasteiger charge is 2.41. The summed E-state index contributed by atoms with van der Waals surface area (Å²) in [5.41, 5.74) is 1.01. The van der Waals surface area contributed by atoms with Crippen LogP contribution in [-0.4, -0.2) is 12.0 Å². The molecule has 0 amide bonds. The van der Waals surface area contributed by atoms with E-state index in [0.29, 0.717) is 12.8 Å². The molecule has 1 aliphatic rings. The number of aliphatic carboxylic acids is 1. The molecule has 0 spiro atoms. The van der Waals surface area contributed by atoms with Crippen LogP contribution in [0.15, 0.2) is 60.7 Å². The minimum Gasteiger partial charge on any atom is -0.549 e. The van der Waals surface area contributed by atoms with Gasteiger partial charge in [-0.1, -0.05) is 48.5 Å². The molecule has 21 heavy (non-hydrogen) atoms. The second-order valence-electron chi connectivity index (χ2n) is 5.69. The van der Waals surface area contributed by atoms with Gasteiger partial charge in [0.25, 0.3) is 0 Å². The lowest BCUT2D eigenvalue weighted by molar-refractivity contribution is -0.313. The van der Waals surface area contributed by atoms with Gasteiger partial charge in [-0.15, -0.1) is 0 Å². The molecule has 1 aliphatic carbocycles. The van der Waals surface area contributed by atoms with Crippen LogP contribution in [0.3, 0.4) is 0 Å². The summed E-state index contributed by atoms with van der Waals surface area (Å²) in [5, 5.41) is 15.2. The molecule has 0 aliphatic heterocycles. The van der Waals surface area contributed by atoms with Gasteiger partial charge in [-0.3, -0.25) is 0 Å². The molecule has 3 rings (SSSR count).